The molecule has 0 saturated carbocycles. The Morgan fingerprint density at radius 3 is 2.45 bits per heavy atom. The molecule has 1 fully saturated rings. The summed E-state index contributed by atoms with van der Waals surface area (Å²) in [5.74, 6) is -0.201. The van der Waals surface area contributed by atoms with E-state index in [4.69, 9.17) is 23.7 Å². The SMILES string of the molecule is CC(OC(=O)CCC(=O)N(C[C@H](O)COc1nsnc1N1CCOCC1)C(C)(C)C)C(=O)OC1CCCc2c(OCC(O)CNC(C)(C)C)cccc21. The van der Waals surface area contributed by atoms with E-state index < -0.39 is 41.9 Å². The fourth-order valence-corrected chi connectivity index (χ4v) is 6.53. The molecule has 2 aliphatic rings. The Labute approximate surface area is 316 Å². The van der Waals surface area contributed by atoms with Crippen LogP contribution in [-0.4, -0.2) is 124 Å². The van der Waals surface area contributed by atoms with Gasteiger partial charge in [0.25, 0.3) is 5.88 Å². The minimum absolute atomic E-state index is 0.0326. The molecule has 1 aliphatic heterocycles. The second-order valence-corrected chi connectivity index (χ2v) is 16.0. The molecule has 1 saturated heterocycles. The van der Waals surface area contributed by atoms with Crippen LogP contribution in [0.4, 0.5) is 5.82 Å². The number of esters is 2. The van der Waals surface area contributed by atoms with Crippen LogP contribution in [0, 0.1) is 0 Å². The highest BCUT2D eigenvalue weighted by Crippen LogP contribution is 2.38. The van der Waals surface area contributed by atoms with Gasteiger partial charge >= 0.3 is 11.9 Å². The maximum Gasteiger partial charge on any atom is 0.347 e. The summed E-state index contributed by atoms with van der Waals surface area (Å²) >= 11 is 1.02. The van der Waals surface area contributed by atoms with Gasteiger partial charge in [0, 0.05) is 42.7 Å². The minimum Gasteiger partial charge on any atom is -0.491 e. The van der Waals surface area contributed by atoms with E-state index in [1.807, 2.05) is 64.6 Å². The molecule has 16 heteroatoms. The lowest BCUT2D eigenvalue weighted by atomic mass is 9.88. The monoisotopic (exact) mass is 763 g/mol. The van der Waals surface area contributed by atoms with Gasteiger partial charge in [-0.2, -0.15) is 4.37 Å². The average molecular weight is 764 g/mol. The van der Waals surface area contributed by atoms with Crippen LogP contribution >= 0.6 is 11.7 Å². The summed E-state index contributed by atoms with van der Waals surface area (Å²) in [6.45, 7) is 15.9. The first-order chi connectivity index (χ1) is 25.0. The van der Waals surface area contributed by atoms with Crippen molar-refractivity contribution < 1.29 is 48.3 Å². The zero-order valence-corrected chi connectivity index (χ0v) is 32.9. The normalized spacial score (nSPS) is 18.0. The Morgan fingerprint density at radius 2 is 1.75 bits per heavy atom. The van der Waals surface area contributed by atoms with Crippen LogP contribution in [0.3, 0.4) is 0 Å². The number of aliphatic hydroxyl groups excluding tert-OH is 2. The summed E-state index contributed by atoms with van der Waals surface area (Å²) in [7, 11) is 0. The fraction of sp³-hybridized carbons (Fsp3) is 0.703. The second-order valence-electron chi connectivity index (χ2n) is 15.5. The number of carbonyl (C=O) groups excluding carboxylic acids is 3. The minimum atomic E-state index is -1.19. The van der Waals surface area contributed by atoms with Gasteiger partial charge in [0.2, 0.25) is 11.7 Å². The summed E-state index contributed by atoms with van der Waals surface area (Å²) in [5, 5.41) is 24.5. The predicted octanol–water partition coefficient (Wildman–Crippen LogP) is 3.20. The molecule has 15 nitrogen and oxygen atoms in total. The number of amides is 1. The summed E-state index contributed by atoms with van der Waals surface area (Å²) in [6, 6.07) is 5.56. The first-order valence-corrected chi connectivity index (χ1v) is 19.1. The molecule has 1 aromatic carbocycles. The van der Waals surface area contributed by atoms with Crippen molar-refractivity contribution in [1.29, 1.82) is 0 Å². The molecule has 1 aromatic heterocycles. The van der Waals surface area contributed by atoms with Gasteiger partial charge in [-0.15, -0.1) is 4.37 Å². The summed E-state index contributed by atoms with van der Waals surface area (Å²) in [4.78, 5) is 42.7. The lowest BCUT2D eigenvalue weighted by Crippen LogP contribution is -2.50. The Hall–Kier alpha value is -3.57. The van der Waals surface area contributed by atoms with Crippen molar-refractivity contribution in [3.05, 3.63) is 29.3 Å². The number of aromatic nitrogens is 2. The smallest absolute Gasteiger partial charge is 0.347 e. The van der Waals surface area contributed by atoms with Crippen molar-refractivity contribution in [3.63, 3.8) is 0 Å². The average Bonchev–Trinajstić information content (AvgIpc) is 3.58. The number of hydrogen-bond acceptors (Lipinski definition) is 15. The third kappa shape index (κ3) is 13.1. The van der Waals surface area contributed by atoms with Gasteiger partial charge in [-0.1, -0.05) is 12.1 Å². The van der Waals surface area contributed by atoms with E-state index in [2.05, 4.69) is 14.1 Å². The number of nitrogens with zero attached hydrogens (tertiary/aromatic N) is 4. The fourth-order valence-electron chi connectivity index (χ4n) is 6.01. The number of fused-ring (bicyclic) bond motifs is 1. The molecule has 3 N–H and O–H groups in total. The summed E-state index contributed by atoms with van der Waals surface area (Å²) < 4.78 is 36.9. The topological polar surface area (TPSA) is 182 Å². The number of aliphatic hydroxyl groups is 2. The number of carbonyl (C=O) groups is 3. The number of hydrogen-bond donors (Lipinski definition) is 3. The van der Waals surface area contributed by atoms with Crippen LogP contribution in [0.2, 0.25) is 0 Å². The molecule has 1 amide bonds. The highest BCUT2D eigenvalue weighted by molar-refractivity contribution is 6.99. The molecule has 296 valence electrons. The molecule has 4 rings (SSSR count). The quantitative estimate of drug-likeness (QED) is 0.200. The van der Waals surface area contributed by atoms with Crippen LogP contribution in [-0.2, 0) is 35.0 Å². The first-order valence-electron chi connectivity index (χ1n) is 18.4. The zero-order valence-electron chi connectivity index (χ0n) is 32.1. The van der Waals surface area contributed by atoms with Gasteiger partial charge in [-0.25, -0.2) is 4.79 Å². The molecule has 3 unspecified atom stereocenters. The van der Waals surface area contributed by atoms with Crippen LogP contribution in [0.15, 0.2) is 18.2 Å². The number of rotatable bonds is 17. The summed E-state index contributed by atoms with van der Waals surface area (Å²) in [5.41, 5.74) is 0.958. The zero-order chi connectivity index (χ0) is 38.8. The molecular weight excluding hydrogens is 706 g/mol. The number of ether oxygens (including phenoxy) is 5. The van der Waals surface area contributed by atoms with E-state index in [9.17, 15) is 24.6 Å². The van der Waals surface area contributed by atoms with E-state index in [0.717, 1.165) is 35.7 Å². The molecule has 4 atom stereocenters. The van der Waals surface area contributed by atoms with Gasteiger partial charge in [0.05, 0.1) is 37.9 Å². The molecule has 2 aromatic rings. The van der Waals surface area contributed by atoms with Gasteiger partial charge < -0.3 is 49.0 Å². The standard InChI is InChI=1S/C37H57N5O10S/c1-24(35(47)52-30-13-9-10-27-28(30)11-8-12-29(27)49-22-25(43)20-38-36(2,3)4)51-32(46)15-14-31(45)42(37(5,6)7)21-26(44)23-50-34-33(39-53-40-34)41-16-18-48-19-17-41/h8,11-12,24-26,30,38,43-44H,9-10,13-23H2,1-7H3/t24?,25?,26-,30?/m0/s1. The van der Waals surface area contributed by atoms with E-state index in [1.165, 1.54) is 11.8 Å². The highest BCUT2D eigenvalue weighted by atomic mass is 32.1. The molecule has 53 heavy (non-hydrogen) atoms. The van der Waals surface area contributed by atoms with Crippen molar-refractivity contribution in [2.24, 2.45) is 0 Å². The van der Waals surface area contributed by atoms with E-state index in [1.54, 1.807) is 0 Å². The van der Waals surface area contributed by atoms with Crippen LogP contribution in [0.25, 0.3) is 0 Å². The van der Waals surface area contributed by atoms with Gasteiger partial charge in [-0.05, 0) is 79.4 Å². The van der Waals surface area contributed by atoms with Crippen molar-refractivity contribution >= 4 is 35.4 Å². The molecular formula is C37H57N5O10S. The van der Waals surface area contributed by atoms with Gasteiger partial charge in [-0.3, -0.25) is 9.59 Å². The van der Waals surface area contributed by atoms with Crippen LogP contribution < -0.4 is 19.7 Å². The van der Waals surface area contributed by atoms with Crippen LogP contribution in [0.1, 0.15) is 91.4 Å². The van der Waals surface area contributed by atoms with Gasteiger partial charge in [0.1, 0.15) is 37.3 Å². The number of benzene rings is 1. The van der Waals surface area contributed by atoms with E-state index >= 15 is 0 Å². The molecule has 1 aliphatic carbocycles. The lowest BCUT2D eigenvalue weighted by molar-refractivity contribution is -0.171. The van der Waals surface area contributed by atoms with Gasteiger partial charge in [0.15, 0.2) is 6.10 Å². The Balaban J connectivity index is 1.24. The highest BCUT2D eigenvalue weighted by Gasteiger charge is 2.32. The third-order valence-electron chi connectivity index (χ3n) is 8.82. The number of anilines is 1. The first kappa shape index (κ1) is 42.2. The second kappa shape index (κ2) is 19.1. The Bertz CT molecular complexity index is 1500. The molecule has 0 spiro atoms. The van der Waals surface area contributed by atoms with Crippen molar-refractivity contribution in [3.8, 4) is 11.6 Å². The van der Waals surface area contributed by atoms with Crippen LogP contribution in [0.5, 0.6) is 11.6 Å². The molecule has 0 radical (unpaired) electrons. The van der Waals surface area contributed by atoms with E-state index in [0.29, 0.717) is 56.7 Å². The third-order valence-corrected chi connectivity index (χ3v) is 9.32. The Morgan fingerprint density at radius 1 is 1.04 bits per heavy atom. The van der Waals surface area contributed by atoms with Crippen molar-refractivity contribution in [2.45, 2.75) is 116 Å². The predicted molar refractivity (Wildman–Crippen MR) is 198 cm³/mol. The number of nitrogens with one attached hydrogen (secondary N) is 1. The largest absolute Gasteiger partial charge is 0.491 e. The Kier molecular flexibility index (Phi) is 15.2. The maximum absolute atomic E-state index is 13.3. The maximum atomic E-state index is 13.3. The number of morpholine rings is 1. The van der Waals surface area contributed by atoms with E-state index in [-0.39, 0.29) is 44.0 Å². The van der Waals surface area contributed by atoms with Crippen molar-refractivity contribution in [1.82, 2.24) is 19.0 Å². The summed E-state index contributed by atoms with van der Waals surface area (Å²) in [6.07, 6.45) is -1.79. The molecule has 2 heterocycles. The van der Waals surface area contributed by atoms with Crippen molar-refractivity contribution in [2.75, 3.05) is 57.5 Å². The lowest BCUT2D eigenvalue weighted by Gasteiger charge is -2.37. The number of β-amino-alcohol motifs (C(OH)–C–C–N with tert-alkyl or cyclic N) is 2. The molecule has 0 bridgehead atoms.